The Labute approximate surface area is 238 Å². The quantitative estimate of drug-likeness (QED) is 0.0728. The highest BCUT2D eigenvalue weighted by Crippen LogP contribution is 2.06. The standard InChI is InChI=1S/C16H30O4.C15H28O4/c1-4-5-6-7-8-9-12-19-15(17)10-11-16(18)20-13-14(2)3;1-4-5-6-7-8-11-18-14(16)9-10-15(17)19-12-13(2)3/h14H,4-13H2,1-3H3;13H,4-12H2,1-3H3. The molecule has 0 radical (unpaired) electrons. The van der Waals surface area contributed by atoms with Crippen molar-refractivity contribution in [1.29, 1.82) is 0 Å². The van der Waals surface area contributed by atoms with Crippen molar-refractivity contribution in [2.75, 3.05) is 26.4 Å². The number of unbranched alkanes of at least 4 members (excludes halogenated alkanes) is 9. The molecule has 8 nitrogen and oxygen atoms in total. The Morgan fingerprint density at radius 2 is 0.718 bits per heavy atom. The maximum absolute atomic E-state index is 11.4. The molecule has 0 aliphatic heterocycles. The average Bonchev–Trinajstić information content (AvgIpc) is 2.90. The molecule has 0 aromatic rings. The number of carbonyl (C=O) groups is 4. The molecule has 0 aliphatic rings. The number of hydrogen-bond donors (Lipinski definition) is 0. The average molecular weight is 559 g/mol. The van der Waals surface area contributed by atoms with Gasteiger partial charge in [-0.05, 0) is 24.7 Å². The Hall–Kier alpha value is -2.12. The summed E-state index contributed by atoms with van der Waals surface area (Å²) in [7, 11) is 0. The van der Waals surface area contributed by atoms with E-state index in [1.54, 1.807) is 0 Å². The third-order valence-electron chi connectivity index (χ3n) is 5.49. The summed E-state index contributed by atoms with van der Waals surface area (Å²) in [6.45, 7) is 14.0. The van der Waals surface area contributed by atoms with E-state index in [1.807, 2.05) is 27.7 Å². The van der Waals surface area contributed by atoms with Crippen molar-refractivity contribution in [2.45, 2.75) is 138 Å². The molecular weight excluding hydrogens is 500 g/mol. The van der Waals surface area contributed by atoms with Crippen LogP contribution in [0.25, 0.3) is 0 Å². The van der Waals surface area contributed by atoms with Crippen LogP contribution in [0.15, 0.2) is 0 Å². The summed E-state index contributed by atoms with van der Waals surface area (Å²) in [5.41, 5.74) is 0. The van der Waals surface area contributed by atoms with Gasteiger partial charge in [0.15, 0.2) is 0 Å². The third-order valence-corrected chi connectivity index (χ3v) is 5.49. The lowest BCUT2D eigenvalue weighted by Gasteiger charge is -2.07. The Bertz CT molecular complexity index is 616. The first-order valence-corrected chi connectivity index (χ1v) is 15.2. The van der Waals surface area contributed by atoms with E-state index in [9.17, 15) is 19.2 Å². The Morgan fingerprint density at radius 1 is 0.436 bits per heavy atom. The first-order valence-electron chi connectivity index (χ1n) is 15.2. The summed E-state index contributed by atoms with van der Waals surface area (Å²) in [6, 6.07) is 0. The molecule has 0 aromatic heterocycles. The third kappa shape index (κ3) is 33.9. The van der Waals surface area contributed by atoms with Gasteiger partial charge in [-0.3, -0.25) is 19.2 Å². The molecule has 230 valence electrons. The fourth-order valence-corrected chi connectivity index (χ4v) is 3.18. The van der Waals surface area contributed by atoms with E-state index in [0.29, 0.717) is 38.3 Å². The molecule has 0 aromatic carbocycles. The fraction of sp³-hybridized carbons (Fsp3) is 0.871. The second kappa shape index (κ2) is 28.9. The van der Waals surface area contributed by atoms with Crippen LogP contribution >= 0.6 is 0 Å². The first kappa shape index (κ1) is 39.0. The van der Waals surface area contributed by atoms with E-state index in [2.05, 4.69) is 13.8 Å². The zero-order valence-electron chi connectivity index (χ0n) is 25.9. The predicted octanol–water partition coefficient (Wildman–Crippen LogP) is 7.35. The molecular formula is C31H58O8. The largest absolute Gasteiger partial charge is 0.466 e. The molecule has 0 aliphatic carbocycles. The number of hydrogen-bond acceptors (Lipinski definition) is 8. The summed E-state index contributed by atoms with van der Waals surface area (Å²) in [4.78, 5) is 45.3. The summed E-state index contributed by atoms with van der Waals surface area (Å²) in [5, 5.41) is 0. The number of ether oxygens (including phenoxy) is 4. The van der Waals surface area contributed by atoms with Crippen molar-refractivity contribution < 1.29 is 38.1 Å². The van der Waals surface area contributed by atoms with Crippen LogP contribution in [0, 0.1) is 11.8 Å². The van der Waals surface area contributed by atoms with Crippen molar-refractivity contribution in [3.05, 3.63) is 0 Å². The van der Waals surface area contributed by atoms with Crippen LogP contribution in [-0.4, -0.2) is 50.3 Å². The van der Waals surface area contributed by atoms with Gasteiger partial charge in [0.2, 0.25) is 0 Å². The highest BCUT2D eigenvalue weighted by molar-refractivity contribution is 5.78. The normalized spacial score (nSPS) is 10.6. The molecule has 39 heavy (non-hydrogen) atoms. The lowest BCUT2D eigenvalue weighted by Crippen LogP contribution is -2.13. The lowest BCUT2D eigenvalue weighted by molar-refractivity contribution is -0.151. The summed E-state index contributed by atoms with van der Waals surface area (Å²) < 4.78 is 20.1. The van der Waals surface area contributed by atoms with Gasteiger partial charge in [0, 0.05) is 0 Å². The zero-order valence-corrected chi connectivity index (χ0v) is 25.9. The zero-order chi connectivity index (χ0) is 29.7. The second-order valence-corrected chi connectivity index (χ2v) is 10.8. The van der Waals surface area contributed by atoms with Crippen LogP contribution in [0.2, 0.25) is 0 Å². The van der Waals surface area contributed by atoms with Crippen LogP contribution < -0.4 is 0 Å². The van der Waals surface area contributed by atoms with Gasteiger partial charge in [0.05, 0.1) is 52.1 Å². The van der Waals surface area contributed by atoms with Crippen molar-refractivity contribution in [3.63, 3.8) is 0 Å². The SMILES string of the molecule is CCCCCCCCOC(=O)CCC(=O)OCC(C)C.CCCCCCCOC(=O)CCC(=O)OCC(C)C. The predicted molar refractivity (Wildman–Crippen MR) is 154 cm³/mol. The number of esters is 4. The summed E-state index contributed by atoms with van der Waals surface area (Å²) in [5.74, 6) is -0.626. The van der Waals surface area contributed by atoms with Crippen LogP contribution in [0.5, 0.6) is 0 Å². The maximum Gasteiger partial charge on any atom is 0.306 e. The van der Waals surface area contributed by atoms with E-state index >= 15 is 0 Å². The van der Waals surface area contributed by atoms with Crippen molar-refractivity contribution >= 4 is 23.9 Å². The Kier molecular flexibility index (Phi) is 28.9. The molecule has 0 amide bonds. The summed E-state index contributed by atoms with van der Waals surface area (Å²) in [6.07, 6.45) is 13.1. The van der Waals surface area contributed by atoms with Crippen molar-refractivity contribution in [1.82, 2.24) is 0 Å². The van der Waals surface area contributed by atoms with E-state index in [4.69, 9.17) is 18.9 Å². The summed E-state index contributed by atoms with van der Waals surface area (Å²) >= 11 is 0. The van der Waals surface area contributed by atoms with Gasteiger partial charge in [-0.25, -0.2) is 0 Å². The van der Waals surface area contributed by atoms with Gasteiger partial charge in [-0.1, -0.05) is 99.3 Å². The molecule has 0 unspecified atom stereocenters. The van der Waals surface area contributed by atoms with E-state index < -0.39 is 0 Å². The van der Waals surface area contributed by atoms with Gasteiger partial charge in [0.25, 0.3) is 0 Å². The Morgan fingerprint density at radius 3 is 1.03 bits per heavy atom. The van der Waals surface area contributed by atoms with Crippen molar-refractivity contribution in [2.24, 2.45) is 11.8 Å². The number of rotatable bonds is 23. The minimum atomic E-state index is -0.325. The van der Waals surface area contributed by atoms with E-state index in [-0.39, 0.29) is 49.6 Å². The maximum atomic E-state index is 11.4. The minimum absolute atomic E-state index is 0.112. The smallest absolute Gasteiger partial charge is 0.306 e. The van der Waals surface area contributed by atoms with Crippen LogP contribution in [0.4, 0.5) is 0 Å². The molecule has 0 fully saturated rings. The van der Waals surface area contributed by atoms with Gasteiger partial charge < -0.3 is 18.9 Å². The van der Waals surface area contributed by atoms with Gasteiger partial charge >= 0.3 is 23.9 Å². The van der Waals surface area contributed by atoms with E-state index in [0.717, 1.165) is 25.7 Å². The lowest BCUT2D eigenvalue weighted by atomic mass is 10.1. The highest BCUT2D eigenvalue weighted by Gasteiger charge is 2.10. The fourth-order valence-electron chi connectivity index (χ4n) is 3.18. The topological polar surface area (TPSA) is 105 Å². The van der Waals surface area contributed by atoms with Crippen LogP contribution in [-0.2, 0) is 38.1 Å². The molecule has 0 saturated heterocycles. The minimum Gasteiger partial charge on any atom is -0.466 e. The van der Waals surface area contributed by atoms with Crippen LogP contribution in [0.1, 0.15) is 138 Å². The molecule has 0 rings (SSSR count). The van der Waals surface area contributed by atoms with Gasteiger partial charge in [-0.15, -0.1) is 0 Å². The first-order chi connectivity index (χ1) is 18.6. The molecule has 8 heteroatoms. The molecule has 0 saturated carbocycles. The highest BCUT2D eigenvalue weighted by atomic mass is 16.5. The molecule has 0 spiro atoms. The van der Waals surface area contributed by atoms with E-state index in [1.165, 1.54) is 44.9 Å². The molecule has 0 N–H and O–H groups in total. The van der Waals surface area contributed by atoms with Crippen molar-refractivity contribution in [3.8, 4) is 0 Å². The molecule has 0 bridgehead atoms. The van der Waals surface area contributed by atoms with Gasteiger partial charge in [0.1, 0.15) is 0 Å². The molecule has 0 heterocycles. The molecule has 0 atom stereocenters. The number of carbonyl (C=O) groups excluding carboxylic acids is 4. The second-order valence-electron chi connectivity index (χ2n) is 10.8. The van der Waals surface area contributed by atoms with Gasteiger partial charge in [-0.2, -0.15) is 0 Å². The Balaban J connectivity index is 0. The van der Waals surface area contributed by atoms with Crippen LogP contribution in [0.3, 0.4) is 0 Å². The monoisotopic (exact) mass is 558 g/mol.